The van der Waals surface area contributed by atoms with E-state index in [2.05, 4.69) is 15.0 Å². The zero-order valence-corrected chi connectivity index (χ0v) is 7.41. The molecule has 7 nitrogen and oxygen atoms in total. The summed E-state index contributed by atoms with van der Waals surface area (Å²) < 4.78 is 0. The van der Waals surface area contributed by atoms with Gasteiger partial charge < -0.3 is 15.2 Å². The zero-order valence-electron chi connectivity index (χ0n) is 7.41. The SMILES string of the molecule is O=C(O)C(=O)O.c1cnc2nc[nH]c2c1. The van der Waals surface area contributed by atoms with Crippen molar-refractivity contribution < 1.29 is 19.8 Å². The molecule has 0 unspecified atom stereocenters. The molecule has 0 amide bonds. The summed E-state index contributed by atoms with van der Waals surface area (Å²) in [6.45, 7) is 0. The minimum atomic E-state index is -1.82. The van der Waals surface area contributed by atoms with E-state index in [-0.39, 0.29) is 0 Å². The van der Waals surface area contributed by atoms with Crippen LogP contribution in [0.5, 0.6) is 0 Å². The Morgan fingerprint density at radius 2 is 1.87 bits per heavy atom. The highest BCUT2D eigenvalue weighted by Gasteiger charge is 2.04. The third-order valence-electron chi connectivity index (χ3n) is 1.38. The summed E-state index contributed by atoms with van der Waals surface area (Å²) in [5.41, 5.74) is 1.76. The molecule has 0 aliphatic carbocycles. The number of carboxylic acids is 2. The largest absolute Gasteiger partial charge is 0.473 e. The number of fused-ring (bicyclic) bond motifs is 1. The van der Waals surface area contributed by atoms with Crippen molar-refractivity contribution in [3.63, 3.8) is 0 Å². The Morgan fingerprint density at radius 1 is 1.20 bits per heavy atom. The maximum absolute atomic E-state index is 9.10. The highest BCUT2D eigenvalue weighted by atomic mass is 16.4. The number of aromatic nitrogens is 3. The van der Waals surface area contributed by atoms with Crippen LogP contribution in [-0.4, -0.2) is 37.1 Å². The van der Waals surface area contributed by atoms with Crippen LogP contribution in [0.25, 0.3) is 11.2 Å². The van der Waals surface area contributed by atoms with Crippen LogP contribution in [0.1, 0.15) is 0 Å². The van der Waals surface area contributed by atoms with E-state index in [1.54, 1.807) is 12.5 Å². The normalized spacial score (nSPS) is 9.07. The molecule has 0 saturated carbocycles. The molecular formula is C8H7N3O4. The monoisotopic (exact) mass is 209 g/mol. The molecule has 78 valence electrons. The van der Waals surface area contributed by atoms with Gasteiger partial charge in [0.1, 0.15) is 0 Å². The summed E-state index contributed by atoms with van der Waals surface area (Å²) in [6.07, 6.45) is 3.36. The summed E-state index contributed by atoms with van der Waals surface area (Å²) in [4.78, 5) is 29.1. The van der Waals surface area contributed by atoms with Gasteiger partial charge in [-0.05, 0) is 12.1 Å². The first kappa shape index (κ1) is 10.6. The second-order valence-corrected chi connectivity index (χ2v) is 2.39. The van der Waals surface area contributed by atoms with E-state index >= 15 is 0 Å². The van der Waals surface area contributed by atoms with Gasteiger partial charge >= 0.3 is 11.9 Å². The molecule has 2 rings (SSSR count). The number of pyridine rings is 1. The van der Waals surface area contributed by atoms with Gasteiger partial charge in [0.25, 0.3) is 0 Å². The second kappa shape index (κ2) is 4.70. The highest BCUT2D eigenvalue weighted by Crippen LogP contribution is 2.01. The lowest BCUT2D eigenvalue weighted by Gasteiger charge is -1.80. The third-order valence-corrected chi connectivity index (χ3v) is 1.38. The van der Waals surface area contributed by atoms with Crippen LogP contribution in [0.4, 0.5) is 0 Å². The standard InChI is InChI=1S/C6H5N3.C2H2O4/c1-2-5-6(7-3-1)9-4-8-5;3-1(4)2(5)6/h1-4H,(H,7,8,9);(H,3,4)(H,5,6). The van der Waals surface area contributed by atoms with Gasteiger partial charge in [-0.1, -0.05) is 0 Å². The molecule has 7 heteroatoms. The van der Waals surface area contributed by atoms with E-state index < -0.39 is 11.9 Å². The maximum Gasteiger partial charge on any atom is 0.414 e. The molecule has 0 bridgehead atoms. The summed E-state index contributed by atoms with van der Waals surface area (Å²) in [5, 5.41) is 14.8. The van der Waals surface area contributed by atoms with E-state index in [1.165, 1.54) is 0 Å². The molecule has 2 heterocycles. The third kappa shape index (κ3) is 3.07. The van der Waals surface area contributed by atoms with Crippen molar-refractivity contribution >= 4 is 23.1 Å². The van der Waals surface area contributed by atoms with Crippen LogP contribution < -0.4 is 0 Å². The predicted octanol–water partition coefficient (Wildman–Crippen LogP) is 0.113. The molecule has 15 heavy (non-hydrogen) atoms. The Hall–Kier alpha value is -2.44. The lowest BCUT2D eigenvalue weighted by atomic mass is 10.4. The number of imidazole rings is 1. The number of H-pyrrole nitrogens is 1. The molecule has 0 radical (unpaired) electrons. The van der Waals surface area contributed by atoms with E-state index in [0.29, 0.717) is 0 Å². The van der Waals surface area contributed by atoms with Crippen LogP contribution in [0.15, 0.2) is 24.7 Å². The summed E-state index contributed by atoms with van der Waals surface area (Å²) in [7, 11) is 0. The smallest absolute Gasteiger partial charge is 0.414 e. The molecular weight excluding hydrogens is 202 g/mol. The number of aromatic amines is 1. The molecule has 0 atom stereocenters. The first-order valence-electron chi connectivity index (χ1n) is 3.81. The summed E-state index contributed by atoms with van der Waals surface area (Å²) in [5.74, 6) is -3.65. The Labute approximate surface area is 83.4 Å². The quantitative estimate of drug-likeness (QED) is 0.530. The van der Waals surface area contributed by atoms with Gasteiger partial charge in [-0.25, -0.2) is 19.6 Å². The number of hydrogen-bond acceptors (Lipinski definition) is 4. The van der Waals surface area contributed by atoms with Gasteiger partial charge in [0.2, 0.25) is 0 Å². The van der Waals surface area contributed by atoms with Crippen LogP contribution in [0.3, 0.4) is 0 Å². The Balaban J connectivity index is 0.000000167. The van der Waals surface area contributed by atoms with Gasteiger partial charge in [0.15, 0.2) is 5.65 Å². The number of rotatable bonds is 0. The van der Waals surface area contributed by atoms with Crippen LogP contribution >= 0.6 is 0 Å². The minimum absolute atomic E-state index is 0.775. The molecule has 0 aliphatic heterocycles. The second-order valence-electron chi connectivity index (χ2n) is 2.39. The van der Waals surface area contributed by atoms with Gasteiger partial charge in [-0.2, -0.15) is 0 Å². The van der Waals surface area contributed by atoms with Gasteiger partial charge in [-0.15, -0.1) is 0 Å². The number of carboxylic acid groups (broad SMARTS) is 2. The highest BCUT2D eigenvalue weighted by molar-refractivity contribution is 6.27. The summed E-state index contributed by atoms with van der Waals surface area (Å²) >= 11 is 0. The Bertz CT molecular complexity index is 437. The number of aliphatic carboxylic acids is 2. The van der Waals surface area contributed by atoms with Crippen molar-refractivity contribution in [2.24, 2.45) is 0 Å². The van der Waals surface area contributed by atoms with E-state index in [4.69, 9.17) is 19.8 Å². The minimum Gasteiger partial charge on any atom is -0.473 e. The molecule has 0 aliphatic rings. The van der Waals surface area contributed by atoms with Crippen molar-refractivity contribution in [3.8, 4) is 0 Å². The molecule has 3 N–H and O–H groups in total. The fourth-order valence-corrected chi connectivity index (χ4v) is 0.775. The number of carbonyl (C=O) groups is 2. The zero-order chi connectivity index (χ0) is 11.3. The molecule has 0 saturated heterocycles. The molecule has 0 spiro atoms. The molecule has 0 aromatic carbocycles. The predicted molar refractivity (Wildman–Crippen MR) is 49.2 cm³/mol. The summed E-state index contributed by atoms with van der Waals surface area (Å²) in [6, 6.07) is 3.82. The van der Waals surface area contributed by atoms with Crippen LogP contribution in [0, 0.1) is 0 Å². The molecule has 2 aromatic rings. The average Bonchev–Trinajstić information content (AvgIpc) is 2.66. The molecule has 0 fully saturated rings. The van der Waals surface area contributed by atoms with Gasteiger partial charge in [-0.3, -0.25) is 0 Å². The number of nitrogens with one attached hydrogen (secondary N) is 1. The number of hydrogen-bond donors (Lipinski definition) is 3. The Kier molecular flexibility index (Phi) is 3.33. The van der Waals surface area contributed by atoms with Crippen LogP contribution in [0.2, 0.25) is 0 Å². The average molecular weight is 209 g/mol. The van der Waals surface area contributed by atoms with Gasteiger partial charge in [0, 0.05) is 6.20 Å². The van der Waals surface area contributed by atoms with E-state index in [0.717, 1.165) is 11.2 Å². The van der Waals surface area contributed by atoms with Crippen molar-refractivity contribution in [2.75, 3.05) is 0 Å². The van der Waals surface area contributed by atoms with Crippen molar-refractivity contribution in [3.05, 3.63) is 24.7 Å². The van der Waals surface area contributed by atoms with Gasteiger partial charge in [0.05, 0.1) is 11.8 Å². The maximum atomic E-state index is 9.10. The number of nitrogens with zero attached hydrogens (tertiary/aromatic N) is 2. The fraction of sp³-hybridized carbons (Fsp3) is 0. The van der Waals surface area contributed by atoms with Crippen molar-refractivity contribution in [1.82, 2.24) is 15.0 Å². The van der Waals surface area contributed by atoms with Crippen LogP contribution in [-0.2, 0) is 9.59 Å². The lowest BCUT2D eigenvalue weighted by Crippen LogP contribution is -2.09. The van der Waals surface area contributed by atoms with E-state index in [1.807, 2.05) is 12.1 Å². The lowest BCUT2D eigenvalue weighted by molar-refractivity contribution is -0.159. The van der Waals surface area contributed by atoms with Crippen molar-refractivity contribution in [2.45, 2.75) is 0 Å². The first-order valence-corrected chi connectivity index (χ1v) is 3.81. The molecule has 2 aromatic heterocycles. The van der Waals surface area contributed by atoms with Crippen molar-refractivity contribution in [1.29, 1.82) is 0 Å². The Morgan fingerprint density at radius 3 is 2.40 bits per heavy atom. The van der Waals surface area contributed by atoms with E-state index in [9.17, 15) is 0 Å². The fourth-order valence-electron chi connectivity index (χ4n) is 0.775. The topological polar surface area (TPSA) is 116 Å². The first-order chi connectivity index (χ1) is 7.11.